The molecule has 130 valence electrons. The monoisotopic (exact) mass is 308 g/mol. The zero-order valence-electron chi connectivity index (χ0n) is 16.2. The van der Waals surface area contributed by atoms with E-state index < -0.39 is 0 Å². The first-order valence-electron chi connectivity index (χ1n) is 9.70. The topological polar surface area (TPSA) is 17.1 Å². The zero-order chi connectivity index (χ0) is 16.9. The van der Waals surface area contributed by atoms with E-state index in [4.69, 9.17) is 0 Å². The quantitative estimate of drug-likeness (QED) is 0.499. The maximum atomic E-state index is 12.0. The van der Waals surface area contributed by atoms with E-state index in [1.54, 1.807) is 0 Å². The summed E-state index contributed by atoms with van der Waals surface area (Å²) in [5.41, 5.74) is 0.306. The van der Waals surface area contributed by atoms with E-state index in [0.29, 0.717) is 17.6 Å². The molecule has 1 aliphatic rings. The Hall–Kier alpha value is -0.330. The van der Waals surface area contributed by atoms with Gasteiger partial charge in [0.1, 0.15) is 5.78 Å². The summed E-state index contributed by atoms with van der Waals surface area (Å²) in [7, 11) is 0. The third kappa shape index (κ3) is 5.70. The van der Waals surface area contributed by atoms with Gasteiger partial charge in [-0.1, -0.05) is 61.3 Å². The molecule has 0 spiro atoms. The Bertz CT molecular complexity index is 342. The van der Waals surface area contributed by atoms with Gasteiger partial charge >= 0.3 is 0 Å². The van der Waals surface area contributed by atoms with Gasteiger partial charge in [0.25, 0.3) is 0 Å². The molecule has 1 nitrogen and oxygen atoms in total. The zero-order valence-corrected chi connectivity index (χ0v) is 16.2. The van der Waals surface area contributed by atoms with Gasteiger partial charge in [-0.25, -0.2) is 0 Å². The van der Waals surface area contributed by atoms with Gasteiger partial charge < -0.3 is 0 Å². The van der Waals surface area contributed by atoms with Crippen LogP contribution < -0.4 is 0 Å². The van der Waals surface area contributed by atoms with E-state index in [2.05, 4.69) is 41.5 Å². The van der Waals surface area contributed by atoms with Crippen molar-refractivity contribution in [1.82, 2.24) is 0 Å². The van der Waals surface area contributed by atoms with Crippen LogP contribution in [0.1, 0.15) is 93.4 Å². The van der Waals surface area contributed by atoms with E-state index in [0.717, 1.165) is 30.1 Å². The van der Waals surface area contributed by atoms with Crippen LogP contribution in [0.3, 0.4) is 0 Å². The van der Waals surface area contributed by atoms with Crippen LogP contribution in [0.25, 0.3) is 0 Å². The summed E-state index contributed by atoms with van der Waals surface area (Å²) in [5.74, 6) is 4.03. The number of carbonyl (C=O) groups excluding carboxylic acids is 1. The van der Waals surface area contributed by atoms with Gasteiger partial charge in [-0.2, -0.15) is 0 Å². The molecule has 4 atom stereocenters. The van der Waals surface area contributed by atoms with Gasteiger partial charge in [0, 0.05) is 12.3 Å². The summed E-state index contributed by atoms with van der Waals surface area (Å²) < 4.78 is 0. The van der Waals surface area contributed by atoms with E-state index >= 15 is 0 Å². The number of ketones is 1. The van der Waals surface area contributed by atoms with Gasteiger partial charge in [0.05, 0.1) is 0 Å². The normalized spacial score (nSPS) is 26.0. The molecular formula is C21H40O. The number of rotatable bonds is 8. The van der Waals surface area contributed by atoms with Crippen LogP contribution in [0.15, 0.2) is 0 Å². The van der Waals surface area contributed by atoms with Crippen LogP contribution in [0.4, 0.5) is 0 Å². The second-order valence-electron chi connectivity index (χ2n) is 9.14. The summed E-state index contributed by atoms with van der Waals surface area (Å²) in [4.78, 5) is 12.0. The van der Waals surface area contributed by atoms with Crippen molar-refractivity contribution in [2.24, 2.45) is 35.0 Å². The van der Waals surface area contributed by atoms with Crippen molar-refractivity contribution in [3.8, 4) is 0 Å². The third-order valence-corrected chi connectivity index (χ3v) is 6.20. The van der Waals surface area contributed by atoms with Crippen LogP contribution in [0, 0.1) is 35.0 Å². The fourth-order valence-electron chi connectivity index (χ4n) is 4.81. The Kier molecular flexibility index (Phi) is 7.62. The minimum absolute atomic E-state index is 0.230. The molecule has 0 aromatic carbocycles. The highest BCUT2D eigenvalue weighted by Gasteiger charge is 2.37. The Labute approximate surface area is 139 Å². The third-order valence-electron chi connectivity index (χ3n) is 6.20. The molecule has 0 saturated heterocycles. The Morgan fingerprint density at radius 1 is 1.14 bits per heavy atom. The molecule has 1 fully saturated rings. The maximum absolute atomic E-state index is 12.0. The van der Waals surface area contributed by atoms with Gasteiger partial charge in [0.2, 0.25) is 0 Å². The fourth-order valence-corrected chi connectivity index (χ4v) is 4.81. The molecular weight excluding hydrogens is 268 g/mol. The van der Waals surface area contributed by atoms with Gasteiger partial charge in [-0.3, -0.25) is 4.79 Å². The first kappa shape index (κ1) is 19.7. The van der Waals surface area contributed by atoms with E-state index in [9.17, 15) is 4.79 Å². The standard InChI is InChI=1S/C21H40O/c1-8-20(22)17(5)14-21(6,7)19-11-9-10-18(13-19)16(4)12-15(2)3/h15-19H,8-14H2,1-7H3. The summed E-state index contributed by atoms with van der Waals surface area (Å²) in [6, 6.07) is 0. The van der Waals surface area contributed by atoms with Crippen molar-refractivity contribution < 1.29 is 4.79 Å². The maximum Gasteiger partial charge on any atom is 0.135 e. The molecule has 0 aromatic rings. The molecule has 22 heavy (non-hydrogen) atoms. The van der Waals surface area contributed by atoms with Crippen molar-refractivity contribution in [3.05, 3.63) is 0 Å². The van der Waals surface area contributed by atoms with Crippen molar-refractivity contribution in [1.29, 1.82) is 0 Å². The van der Waals surface area contributed by atoms with Crippen LogP contribution in [0.5, 0.6) is 0 Å². The minimum atomic E-state index is 0.230. The van der Waals surface area contributed by atoms with Crippen LogP contribution in [-0.2, 0) is 4.79 Å². The Morgan fingerprint density at radius 3 is 2.32 bits per heavy atom. The Balaban J connectivity index is 2.64. The summed E-state index contributed by atoms with van der Waals surface area (Å²) >= 11 is 0. The van der Waals surface area contributed by atoms with Crippen molar-refractivity contribution in [2.75, 3.05) is 0 Å². The minimum Gasteiger partial charge on any atom is -0.299 e. The van der Waals surface area contributed by atoms with E-state index in [1.807, 2.05) is 6.92 Å². The highest BCUT2D eigenvalue weighted by Crippen LogP contribution is 2.46. The molecule has 1 saturated carbocycles. The largest absolute Gasteiger partial charge is 0.299 e. The van der Waals surface area contributed by atoms with E-state index in [-0.39, 0.29) is 5.92 Å². The predicted octanol–water partition coefficient (Wildman–Crippen LogP) is 6.51. The molecule has 0 N–H and O–H groups in total. The van der Waals surface area contributed by atoms with Crippen LogP contribution in [0.2, 0.25) is 0 Å². The Morgan fingerprint density at radius 2 is 1.77 bits per heavy atom. The first-order chi connectivity index (χ1) is 10.2. The molecule has 0 amide bonds. The first-order valence-corrected chi connectivity index (χ1v) is 9.70. The van der Waals surface area contributed by atoms with Crippen LogP contribution >= 0.6 is 0 Å². The van der Waals surface area contributed by atoms with Gasteiger partial charge in [-0.05, 0) is 54.8 Å². The predicted molar refractivity (Wildman–Crippen MR) is 96.9 cm³/mol. The molecule has 0 radical (unpaired) electrons. The van der Waals surface area contributed by atoms with Crippen LogP contribution in [-0.4, -0.2) is 5.78 Å². The SMILES string of the molecule is CCC(=O)C(C)CC(C)(C)C1CCCC(C(C)CC(C)C)C1. The number of hydrogen-bond donors (Lipinski definition) is 0. The molecule has 4 unspecified atom stereocenters. The average molecular weight is 309 g/mol. The average Bonchev–Trinajstić information content (AvgIpc) is 2.45. The molecule has 0 bridgehead atoms. The van der Waals surface area contributed by atoms with E-state index in [1.165, 1.54) is 32.1 Å². The lowest BCUT2D eigenvalue weighted by molar-refractivity contribution is -0.123. The smallest absolute Gasteiger partial charge is 0.135 e. The molecule has 1 rings (SSSR count). The molecule has 1 heteroatoms. The van der Waals surface area contributed by atoms with Crippen molar-refractivity contribution >= 4 is 5.78 Å². The van der Waals surface area contributed by atoms with Crippen molar-refractivity contribution in [2.45, 2.75) is 93.4 Å². The second kappa shape index (κ2) is 8.50. The number of hydrogen-bond acceptors (Lipinski definition) is 1. The van der Waals surface area contributed by atoms with Gasteiger partial charge in [-0.15, -0.1) is 0 Å². The molecule has 0 aromatic heterocycles. The summed E-state index contributed by atoms with van der Waals surface area (Å²) in [5, 5.41) is 0. The molecule has 0 heterocycles. The summed E-state index contributed by atoms with van der Waals surface area (Å²) in [6.45, 7) is 16.1. The second-order valence-corrected chi connectivity index (χ2v) is 9.14. The molecule has 1 aliphatic carbocycles. The summed E-state index contributed by atoms with van der Waals surface area (Å²) in [6.07, 6.45) is 8.67. The van der Waals surface area contributed by atoms with Gasteiger partial charge in [0.15, 0.2) is 0 Å². The lowest BCUT2D eigenvalue weighted by atomic mass is 9.62. The highest BCUT2D eigenvalue weighted by molar-refractivity contribution is 5.80. The number of Topliss-reactive ketones (excluding diaryl/α,β-unsaturated/α-hetero) is 1. The molecule has 0 aliphatic heterocycles. The number of carbonyl (C=O) groups is 1. The lowest BCUT2D eigenvalue weighted by Crippen LogP contribution is -2.34. The fraction of sp³-hybridized carbons (Fsp3) is 0.952. The lowest BCUT2D eigenvalue weighted by Gasteiger charge is -2.43. The van der Waals surface area contributed by atoms with Crippen molar-refractivity contribution in [3.63, 3.8) is 0 Å². The highest BCUT2D eigenvalue weighted by atomic mass is 16.1.